The van der Waals surface area contributed by atoms with Crippen LogP contribution in [0, 0.1) is 5.92 Å². The minimum absolute atomic E-state index is 0.0129. The Labute approximate surface area is 461 Å². The molecule has 30 heteroatoms. The summed E-state index contributed by atoms with van der Waals surface area (Å²) in [5.74, 6) is -10.6. The van der Waals surface area contributed by atoms with Crippen LogP contribution in [0.25, 0.3) is 0 Å². The number of aliphatic hydroxyl groups is 3. The molecule has 1 fully saturated rings. The molecule has 1 aliphatic rings. The van der Waals surface area contributed by atoms with Crippen molar-refractivity contribution in [3.63, 3.8) is 0 Å². The maximum Gasteiger partial charge on any atom is 0.245 e. The molecule has 30 nitrogen and oxygen atoms in total. The lowest BCUT2D eigenvalue weighted by molar-refractivity contribution is -0.137. The van der Waals surface area contributed by atoms with Crippen LogP contribution < -0.4 is 87.2 Å². The standard InChI is InChI=1S/C49H92N16O14/c1-6-7-8-9-10-11-37(69)56-29(12-18-50)40(70)63-36(25-66)47(77)59-30(13-19-51)41(71)60-34-17-23-55-48(78)38(27(4)67)64-45(75)33(16-22-54)58-42(72)32(15-21-53)61-49(79)39(28(5)68)65-46(76)35(24-26(2)3)62-43(73)31(14-20-52)57-44(34)74/h26-36,38-39,66-68H,6-25,50-54H2,1-5H3,(H,55,78)(H,56,69)(H,57,74)(H,58,72)(H,59,77)(H,60,71)(H,61,79)(H,62,73)(H,63,70)(H,64,75)(H,65,76)/t27-,28-,29+,30-,31+,32+,33+,34+,35-,36+,38+,39+/m1/s1. The van der Waals surface area contributed by atoms with Crippen LogP contribution in [-0.4, -0.2) is 199 Å². The Morgan fingerprint density at radius 2 is 0.962 bits per heavy atom. The Morgan fingerprint density at radius 3 is 1.44 bits per heavy atom. The molecule has 0 aliphatic carbocycles. The average molecular weight is 1130 g/mol. The number of unbranched alkanes of at least 4 members (excludes halogenated alkanes) is 4. The van der Waals surface area contributed by atoms with Crippen LogP contribution in [0.2, 0.25) is 0 Å². The number of carbonyl (C=O) groups excluding carboxylic acids is 11. The summed E-state index contributed by atoms with van der Waals surface area (Å²) in [5.41, 5.74) is 28.9. The zero-order chi connectivity index (χ0) is 59.8. The van der Waals surface area contributed by atoms with Crippen LogP contribution in [0.1, 0.15) is 118 Å². The summed E-state index contributed by atoms with van der Waals surface area (Å²) in [6, 6.07) is -15.3. The summed E-state index contributed by atoms with van der Waals surface area (Å²) >= 11 is 0. The molecule has 1 rings (SSSR count). The first kappa shape index (κ1) is 70.9. The van der Waals surface area contributed by atoms with Gasteiger partial charge in [-0.1, -0.05) is 46.5 Å². The third-order valence-electron chi connectivity index (χ3n) is 12.6. The molecule has 11 amide bonds. The van der Waals surface area contributed by atoms with Gasteiger partial charge in [-0.15, -0.1) is 0 Å². The number of rotatable bonds is 28. The van der Waals surface area contributed by atoms with Crippen molar-refractivity contribution in [2.75, 3.05) is 45.9 Å². The molecular formula is C49H92N16O14. The highest BCUT2D eigenvalue weighted by atomic mass is 16.3. The molecule has 0 unspecified atom stereocenters. The van der Waals surface area contributed by atoms with Gasteiger partial charge in [0.25, 0.3) is 0 Å². The largest absolute Gasteiger partial charge is 0.394 e. The van der Waals surface area contributed by atoms with Crippen molar-refractivity contribution in [2.24, 2.45) is 34.6 Å². The predicted molar refractivity (Wildman–Crippen MR) is 289 cm³/mol. The average Bonchev–Trinajstić information content (AvgIpc) is 3.38. The second-order valence-electron chi connectivity index (χ2n) is 19.9. The first-order valence-corrected chi connectivity index (χ1v) is 27.2. The van der Waals surface area contributed by atoms with Gasteiger partial charge in [0.15, 0.2) is 0 Å². The second kappa shape index (κ2) is 38.5. The maximum atomic E-state index is 14.3. The normalized spacial score (nSPS) is 23.4. The van der Waals surface area contributed by atoms with Gasteiger partial charge in [0.2, 0.25) is 65.0 Å². The summed E-state index contributed by atoms with van der Waals surface area (Å²) < 4.78 is 0. The van der Waals surface area contributed by atoms with Crippen LogP contribution in [0.4, 0.5) is 0 Å². The Bertz CT molecular complexity index is 1980. The number of carbonyl (C=O) groups is 11. The van der Waals surface area contributed by atoms with Gasteiger partial charge in [-0.2, -0.15) is 0 Å². The number of nitrogens with two attached hydrogens (primary N) is 5. The lowest BCUT2D eigenvalue weighted by Gasteiger charge is -2.29. The van der Waals surface area contributed by atoms with Gasteiger partial charge in [-0.05, 0) is 104 Å². The highest BCUT2D eigenvalue weighted by Gasteiger charge is 2.37. The molecule has 12 atom stereocenters. The van der Waals surface area contributed by atoms with Gasteiger partial charge in [0, 0.05) is 13.0 Å². The molecule has 1 aliphatic heterocycles. The van der Waals surface area contributed by atoms with Gasteiger partial charge < -0.3 is 102 Å². The van der Waals surface area contributed by atoms with Crippen molar-refractivity contribution in [2.45, 2.75) is 191 Å². The van der Waals surface area contributed by atoms with Crippen LogP contribution in [0.3, 0.4) is 0 Å². The highest BCUT2D eigenvalue weighted by Crippen LogP contribution is 2.10. The minimum Gasteiger partial charge on any atom is -0.394 e. The van der Waals surface area contributed by atoms with E-state index < -0.39 is 157 Å². The molecule has 0 bridgehead atoms. The van der Waals surface area contributed by atoms with E-state index in [4.69, 9.17) is 28.7 Å². The van der Waals surface area contributed by atoms with Crippen molar-refractivity contribution in [1.82, 2.24) is 58.5 Å². The monoisotopic (exact) mass is 1130 g/mol. The summed E-state index contributed by atoms with van der Waals surface area (Å²) in [6.07, 6.45) is -0.100. The Kier molecular flexibility index (Phi) is 34.5. The molecule has 1 heterocycles. The summed E-state index contributed by atoms with van der Waals surface area (Å²) in [4.78, 5) is 151. The van der Waals surface area contributed by atoms with E-state index >= 15 is 0 Å². The van der Waals surface area contributed by atoms with E-state index in [0.29, 0.717) is 6.42 Å². The van der Waals surface area contributed by atoms with Crippen LogP contribution in [0.15, 0.2) is 0 Å². The van der Waals surface area contributed by atoms with Crippen molar-refractivity contribution < 1.29 is 68.1 Å². The smallest absolute Gasteiger partial charge is 0.245 e. The molecule has 0 spiro atoms. The van der Waals surface area contributed by atoms with E-state index in [9.17, 15) is 68.1 Å². The topological polar surface area (TPSA) is 511 Å². The van der Waals surface area contributed by atoms with Crippen LogP contribution in [0.5, 0.6) is 0 Å². The summed E-state index contributed by atoms with van der Waals surface area (Å²) in [7, 11) is 0. The van der Waals surface area contributed by atoms with Crippen LogP contribution in [-0.2, 0) is 52.7 Å². The first-order chi connectivity index (χ1) is 37.4. The quantitative estimate of drug-likeness (QED) is 0.0324. The minimum atomic E-state index is -1.73. The fourth-order valence-electron chi connectivity index (χ4n) is 8.16. The van der Waals surface area contributed by atoms with E-state index in [0.717, 1.165) is 25.7 Å². The number of hydrogen-bond acceptors (Lipinski definition) is 19. The Balaban J connectivity index is 3.76. The molecule has 0 radical (unpaired) electrons. The zero-order valence-corrected chi connectivity index (χ0v) is 46.4. The lowest BCUT2D eigenvalue weighted by Crippen LogP contribution is -2.62. The van der Waals surface area contributed by atoms with E-state index in [2.05, 4.69) is 65.4 Å². The maximum absolute atomic E-state index is 14.3. The fourth-order valence-corrected chi connectivity index (χ4v) is 8.16. The summed E-state index contributed by atoms with van der Waals surface area (Å²) in [5, 5.41) is 58.7. The van der Waals surface area contributed by atoms with Crippen LogP contribution >= 0.6 is 0 Å². The van der Waals surface area contributed by atoms with E-state index in [1.165, 1.54) is 13.8 Å². The van der Waals surface area contributed by atoms with E-state index in [-0.39, 0.29) is 83.6 Å². The highest BCUT2D eigenvalue weighted by molar-refractivity contribution is 5.99. The van der Waals surface area contributed by atoms with Crippen molar-refractivity contribution in [3.8, 4) is 0 Å². The van der Waals surface area contributed by atoms with Gasteiger partial charge in [0.05, 0.1) is 18.8 Å². The third kappa shape index (κ3) is 26.1. The second-order valence-corrected chi connectivity index (χ2v) is 19.9. The number of amides is 11. The molecule has 79 heavy (non-hydrogen) atoms. The molecule has 452 valence electrons. The number of aliphatic hydroxyl groups excluding tert-OH is 3. The fraction of sp³-hybridized carbons (Fsp3) is 0.776. The number of nitrogens with one attached hydrogen (secondary N) is 11. The molecule has 1 saturated heterocycles. The SMILES string of the molecule is CCCCCCCC(=O)N[C@@H](CCN)C(=O)N[C@@H](CO)C(=O)N[C@H](CCN)C(=O)N[C@H]1CCNC(=O)[C@H]([C@@H](C)O)NC(=O)[C@H](CCN)NC(=O)[C@H](CCN)NC(=O)[C@H]([C@@H](C)O)NC(=O)[C@@H](CC(C)C)NC(=O)[C@H](CCN)NC1=O. The Hall–Kier alpha value is -6.15. The predicted octanol–water partition coefficient (Wildman–Crippen LogP) is -7.74. The van der Waals surface area contributed by atoms with Gasteiger partial charge in [-0.3, -0.25) is 52.7 Å². The van der Waals surface area contributed by atoms with Crippen molar-refractivity contribution in [1.29, 1.82) is 0 Å². The van der Waals surface area contributed by atoms with E-state index in [1.54, 1.807) is 13.8 Å². The van der Waals surface area contributed by atoms with Crippen molar-refractivity contribution in [3.05, 3.63) is 0 Å². The first-order valence-electron chi connectivity index (χ1n) is 27.2. The van der Waals surface area contributed by atoms with Gasteiger partial charge in [-0.25, -0.2) is 0 Å². The van der Waals surface area contributed by atoms with Crippen molar-refractivity contribution >= 4 is 65.0 Å². The van der Waals surface area contributed by atoms with Gasteiger partial charge >= 0.3 is 0 Å². The molecule has 0 aromatic heterocycles. The van der Waals surface area contributed by atoms with Gasteiger partial charge in [0.1, 0.15) is 60.4 Å². The lowest BCUT2D eigenvalue weighted by atomic mass is 10.0. The number of hydrogen-bond donors (Lipinski definition) is 19. The zero-order valence-electron chi connectivity index (χ0n) is 46.4. The Morgan fingerprint density at radius 1 is 0.532 bits per heavy atom. The molecule has 24 N–H and O–H groups in total. The summed E-state index contributed by atoms with van der Waals surface area (Å²) in [6.45, 7) is 5.64. The third-order valence-corrected chi connectivity index (χ3v) is 12.6. The molecule has 0 saturated carbocycles. The molecule has 0 aromatic rings. The molecular weight excluding hydrogens is 1040 g/mol. The molecule has 0 aromatic carbocycles. The van der Waals surface area contributed by atoms with E-state index in [1.807, 2.05) is 0 Å².